The number of ether oxygens (including phenoxy) is 1. The Bertz CT molecular complexity index is 816. The first-order valence-corrected chi connectivity index (χ1v) is 11.3. The van der Waals surface area contributed by atoms with E-state index in [2.05, 4.69) is 30.4 Å². The predicted octanol–water partition coefficient (Wildman–Crippen LogP) is 3.60. The van der Waals surface area contributed by atoms with Crippen molar-refractivity contribution in [3.63, 3.8) is 0 Å². The molecule has 1 aliphatic carbocycles. The van der Waals surface area contributed by atoms with Gasteiger partial charge in [-0.05, 0) is 43.4 Å². The lowest BCUT2D eigenvalue weighted by Gasteiger charge is -2.49. The molecule has 1 saturated carbocycles. The van der Waals surface area contributed by atoms with E-state index in [1.54, 1.807) is 11.8 Å². The van der Waals surface area contributed by atoms with Crippen molar-refractivity contribution in [3.05, 3.63) is 29.3 Å². The number of thioether (sulfide) groups is 1. The number of amidine groups is 1. The van der Waals surface area contributed by atoms with Gasteiger partial charge in [-0.15, -0.1) is 0 Å². The largest absolute Gasteiger partial charge is 0.490 e. The summed E-state index contributed by atoms with van der Waals surface area (Å²) in [4.78, 5) is 17.6. The van der Waals surface area contributed by atoms with Crippen LogP contribution in [0.2, 0.25) is 0 Å². The Labute approximate surface area is 171 Å². The molecular weight excluding hydrogens is 370 g/mol. The molecule has 4 rings (SSSR count). The molecule has 3 aliphatic rings. The van der Waals surface area contributed by atoms with Crippen molar-refractivity contribution in [1.29, 1.82) is 0 Å². The van der Waals surface area contributed by atoms with E-state index in [0.29, 0.717) is 5.17 Å². The van der Waals surface area contributed by atoms with Gasteiger partial charge >= 0.3 is 0 Å². The van der Waals surface area contributed by atoms with Gasteiger partial charge in [-0.1, -0.05) is 45.5 Å². The molecule has 152 valence electrons. The molecule has 0 radical (unpaired) electrons. The molecule has 28 heavy (non-hydrogen) atoms. The van der Waals surface area contributed by atoms with E-state index in [9.17, 15) is 4.79 Å². The summed E-state index contributed by atoms with van der Waals surface area (Å²) >= 11 is 1.64. The number of amides is 1. The average Bonchev–Trinajstić information content (AvgIpc) is 3.04. The van der Waals surface area contributed by atoms with E-state index in [4.69, 9.17) is 15.5 Å². The molecule has 1 fully saturated rings. The molecule has 4 atom stereocenters. The maximum atomic E-state index is 12.5. The van der Waals surface area contributed by atoms with Crippen LogP contribution in [0.4, 0.5) is 0 Å². The van der Waals surface area contributed by atoms with Gasteiger partial charge in [0.1, 0.15) is 17.4 Å². The fraction of sp³-hybridized carbons (Fsp3) is 0.636. The van der Waals surface area contributed by atoms with E-state index in [0.717, 1.165) is 37.2 Å². The molecule has 2 heterocycles. The lowest BCUT2D eigenvalue weighted by atomic mass is 9.67. The number of nitrogens with two attached hydrogens (primary N) is 1. The van der Waals surface area contributed by atoms with Crippen LogP contribution in [0, 0.1) is 11.3 Å². The Kier molecular flexibility index (Phi) is 4.89. The summed E-state index contributed by atoms with van der Waals surface area (Å²) in [6.45, 7) is 8.04. The second-order valence-corrected chi connectivity index (χ2v) is 10.3. The summed E-state index contributed by atoms with van der Waals surface area (Å²) in [6.07, 6.45) is 3.84. The molecule has 3 N–H and O–H groups in total. The van der Waals surface area contributed by atoms with Crippen LogP contribution in [0.1, 0.15) is 58.1 Å². The van der Waals surface area contributed by atoms with Crippen molar-refractivity contribution in [1.82, 2.24) is 5.32 Å². The van der Waals surface area contributed by atoms with Crippen molar-refractivity contribution >= 4 is 22.8 Å². The minimum Gasteiger partial charge on any atom is -0.490 e. The number of nitrogens with zero attached hydrogens (tertiary/aromatic N) is 1. The van der Waals surface area contributed by atoms with Crippen LogP contribution in [0.15, 0.2) is 23.2 Å². The normalized spacial score (nSPS) is 31.6. The van der Waals surface area contributed by atoms with Crippen LogP contribution in [-0.4, -0.2) is 29.0 Å². The van der Waals surface area contributed by atoms with Crippen molar-refractivity contribution < 1.29 is 9.53 Å². The Balaban J connectivity index is 1.68. The first-order chi connectivity index (χ1) is 13.2. The van der Waals surface area contributed by atoms with Gasteiger partial charge in [-0.2, -0.15) is 0 Å². The first-order valence-electron chi connectivity index (χ1n) is 10.3. The van der Waals surface area contributed by atoms with Crippen molar-refractivity contribution in [2.24, 2.45) is 22.1 Å². The van der Waals surface area contributed by atoms with Crippen molar-refractivity contribution in [2.75, 3.05) is 5.75 Å². The van der Waals surface area contributed by atoms with Crippen LogP contribution in [0.25, 0.3) is 0 Å². The SMILES string of the molecule is CCc1ccc2c(c1)C1(CSC(N)=N1)[C@H]1CC(NC(=O)C(C)(C)C)CC[C@@H]1O2. The molecule has 0 aromatic heterocycles. The highest BCUT2D eigenvalue weighted by molar-refractivity contribution is 8.14. The molecule has 0 bridgehead atoms. The highest BCUT2D eigenvalue weighted by atomic mass is 32.2. The monoisotopic (exact) mass is 401 g/mol. The molecule has 1 aromatic carbocycles. The molecular formula is C22H31N3O2S. The predicted molar refractivity (Wildman–Crippen MR) is 115 cm³/mol. The zero-order valence-corrected chi connectivity index (χ0v) is 18.1. The summed E-state index contributed by atoms with van der Waals surface area (Å²) in [6, 6.07) is 6.67. The molecule has 1 aromatic rings. The Hall–Kier alpha value is -1.69. The van der Waals surface area contributed by atoms with E-state index in [1.807, 2.05) is 20.8 Å². The number of carbonyl (C=O) groups excluding carboxylic acids is 1. The van der Waals surface area contributed by atoms with Gasteiger partial charge in [0.05, 0.1) is 0 Å². The van der Waals surface area contributed by atoms with Gasteiger partial charge in [0, 0.05) is 28.7 Å². The minimum absolute atomic E-state index is 0.110. The van der Waals surface area contributed by atoms with Gasteiger partial charge in [0.2, 0.25) is 5.91 Å². The molecule has 2 unspecified atom stereocenters. The van der Waals surface area contributed by atoms with Crippen LogP contribution in [0.3, 0.4) is 0 Å². The van der Waals surface area contributed by atoms with Gasteiger partial charge in [0.25, 0.3) is 0 Å². The maximum Gasteiger partial charge on any atom is 0.225 e. The first kappa shape index (κ1) is 19.6. The second kappa shape index (κ2) is 6.97. The number of aliphatic imine (C=N–C) groups is 1. The van der Waals surface area contributed by atoms with Crippen LogP contribution < -0.4 is 15.8 Å². The number of nitrogens with one attached hydrogen (secondary N) is 1. The fourth-order valence-electron chi connectivity index (χ4n) is 4.69. The third kappa shape index (κ3) is 3.30. The number of hydrogen-bond acceptors (Lipinski definition) is 5. The van der Waals surface area contributed by atoms with E-state index in [-0.39, 0.29) is 34.9 Å². The van der Waals surface area contributed by atoms with Gasteiger partial charge < -0.3 is 15.8 Å². The van der Waals surface area contributed by atoms with Crippen LogP contribution in [0.5, 0.6) is 5.75 Å². The highest BCUT2D eigenvalue weighted by Crippen LogP contribution is 2.54. The molecule has 0 saturated heterocycles. The number of aryl methyl sites for hydroxylation is 1. The number of hydrogen-bond donors (Lipinski definition) is 2. The highest BCUT2D eigenvalue weighted by Gasteiger charge is 2.54. The third-order valence-electron chi connectivity index (χ3n) is 6.36. The zero-order chi connectivity index (χ0) is 20.1. The molecule has 5 nitrogen and oxygen atoms in total. The number of rotatable bonds is 2. The quantitative estimate of drug-likeness (QED) is 0.794. The molecule has 1 spiro atoms. The van der Waals surface area contributed by atoms with Crippen LogP contribution >= 0.6 is 11.8 Å². The van der Waals surface area contributed by atoms with Crippen LogP contribution in [-0.2, 0) is 16.8 Å². The Morgan fingerprint density at radius 2 is 2.18 bits per heavy atom. The molecule has 6 heteroatoms. The van der Waals surface area contributed by atoms with E-state index < -0.39 is 0 Å². The summed E-state index contributed by atoms with van der Waals surface area (Å²) in [5.74, 6) is 2.14. The van der Waals surface area contributed by atoms with E-state index in [1.165, 1.54) is 11.1 Å². The van der Waals surface area contributed by atoms with Crippen molar-refractivity contribution in [2.45, 2.75) is 71.1 Å². The van der Waals surface area contributed by atoms with Gasteiger partial charge in [-0.3, -0.25) is 4.79 Å². The number of carbonyl (C=O) groups is 1. The number of fused-ring (bicyclic) bond motifs is 4. The average molecular weight is 402 g/mol. The third-order valence-corrected chi connectivity index (χ3v) is 7.33. The maximum absolute atomic E-state index is 12.5. The summed E-state index contributed by atoms with van der Waals surface area (Å²) in [5.41, 5.74) is 7.90. The van der Waals surface area contributed by atoms with E-state index >= 15 is 0 Å². The Morgan fingerprint density at radius 3 is 2.82 bits per heavy atom. The lowest BCUT2D eigenvalue weighted by molar-refractivity contribution is -0.130. The summed E-state index contributed by atoms with van der Waals surface area (Å²) < 4.78 is 6.45. The molecule has 2 aliphatic heterocycles. The molecule has 1 amide bonds. The second-order valence-electron chi connectivity index (χ2n) is 9.34. The Morgan fingerprint density at radius 1 is 1.39 bits per heavy atom. The fourth-order valence-corrected chi connectivity index (χ4v) is 5.72. The standard InChI is InChI=1S/C22H31N3O2S/c1-5-13-6-8-17-15(10-13)22(12-28-20(23)25-22)16-11-14(7-9-18(16)27-17)24-19(26)21(2,3)4/h6,8,10,14,16,18H,5,7,9,11-12H2,1-4H3,(H2,23,25)(H,24,26)/t14?,16-,18-,22?/m0/s1. The van der Waals surface area contributed by atoms with Gasteiger partial charge in [0.15, 0.2) is 5.17 Å². The lowest BCUT2D eigenvalue weighted by Crippen LogP contribution is -2.55. The number of benzene rings is 1. The smallest absolute Gasteiger partial charge is 0.225 e. The topological polar surface area (TPSA) is 76.7 Å². The minimum atomic E-state index is -0.383. The zero-order valence-electron chi connectivity index (χ0n) is 17.2. The van der Waals surface area contributed by atoms with Crippen molar-refractivity contribution in [3.8, 4) is 5.75 Å². The summed E-state index contributed by atoms with van der Waals surface area (Å²) in [7, 11) is 0. The summed E-state index contributed by atoms with van der Waals surface area (Å²) in [5, 5.41) is 3.94. The van der Waals surface area contributed by atoms with Gasteiger partial charge in [-0.25, -0.2) is 4.99 Å².